The van der Waals surface area contributed by atoms with Crippen LogP contribution in [0.3, 0.4) is 0 Å². The molecule has 3 N–H and O–H groups in total. The molecule has 9 nitrogen and oxygen atoms in total. The number of phenolic OH excluding ortho intramolecular Hbond substituents is 3. The average Bonchev–Trinajstić information content (AvgIpc) is 3.76. The van der Waals surface area contributed by atoms with E-state index in [0.29, 0.717) is 33.9 Å². The summed E-state index contributed by atoms with van der Waals surface area (Å²) in [7, 11) is 0. The molecule has 46 heavy (non-hydrogen) atoms. The van der Waals surface area contributed by atoms with Crippen LogP contribution in [0, 0.1) is 0 Å². The highest BCUT2D eigenvalue weighted by molar-refractivity contribution is 5.74. The first-order valence-corrected chi connectivity index (χ1v) is 16.7. The summed E-state index contributed by atoms with van der Waals surface area (Å²) in [5.41, 5.74) is 1.13. The van der Waals surface area contributed by atoms with Crippen LogP contribution in [0.15, 0.2) is 54.6 Å². The lowest BCUT2D eigenvalue weighted by atomic mass is 9.98. The summed E-state index contributed by atoms with van der Waals surface area (Å²) in [6.45, 7) is 0. The van der Waals surface area contributed by atoms with Gasteiger partial charge in [0.15, 0.2) is 17.5 Å². The van der Waals surface area contributed by atoms with E-state index in [4.69, 9.17) is 14.2 Å². The Hall–Kier alpha value is -4.53. The molecule has 0 saturated heterocycles. The maximum absolute atomic E-state index is 11.1. The van der Waals surface area contributed by atoms with Crippen molar-refractivity contribution in [1.29, 1.82) is 0 Å². The van der Waals surface area contributed by atoms with Crippen molar-refractivity contribution in [3.05, 3.63) is 54.6 Å². The van der Waals surface area contributed by atoms with Gasteiger partial charge >= 0.3 is 0 Å². The summed E-state index contributed by atoms with van der Waals surface area (Å²) < 4.78 is 18.3. The zero-order valence-corrected chi connectivity index (χ0v) is 26.0. The van der Waals surface area contributed by atoms with Crippen molar-refractivity contribution in [3.63, 3.8) is 0 Å². The second-order valence-corrected chi connectivity index (χ2v) is 12.8. The topological polar surface area (TPSA) is 127 Å². The summed E-state index contributed by atoms with van der Waals surface area (Å²) in [5.74, 6) is 2.23. The fourth-order valence-corrected chi connectivity index (χ4v) is 6.83. The van der Waals surface area contributed by atoms with Gasteiger partial charge in [0.05, 0.1) is 35.0 Å². The maximum Gasteiger partial charge on any atom is 0.167 e. The minimum absolute atomic E-state index is 0.0366. The Morgan fingerprint density at radius 3 is 0.978 bits per heavy atom. The molecule has 0 spiro atoms. The number of ether oxygens (including phenoxy) is 3. The van der Waals surface area contributed by atoms with Crippen molar-refractivity contribution < 1.29 is 29.5 Å². The Morgan fingerprint density at radius 2 is 0.696 bits per heavy atom. The van der Waals surface area contributed by atoms with Crippen molar-refractivity contribution in [2.24, 2.45) is 0 Å². The summed E-state index contributed by atoms with van der Waals surface area (Å²) in [5, 5.41) is 33.3. The third-order valence-corrected chi connectivity index (χ3v) is 9.33. The van der Waals surface area contributed by atoms with Gasteiger partial charge in [-0.05, 0) is 113 Å². The average molecular weight is 624 g/mol. The van der Waals surface area contributed by atoms with E-state index in [2.05, 4.69) is 15.0 Å². The van der Waals surface area contributed by atoms with Crippen LogP contribution in [0.5, 0.6) is 34.5 Å². The Balaban J connectivity index is 1.24. The number of phenols is 3. The van der Waals surface area contributed by atoms with E-state index in [9.17, 15) is 15.3 Å². The van der Waals surface area contributed by atoms with E-state index in [-0.39, 0.29) is 53.0 Å². The fraction of sp³-hybridized carbons (Fsp3) is 0.432. The molecule has 3 aliphatic carbocycles. The van der Waals surface area contributed by atoms with Gasteiger partial charge in [-0.1, -0.05) is 6.42 Å². The van der Waals surface area contributed by atoms with Gasteiger partial charge < -0.3 is 29.5 Å². The van der Waals surface area contributed by atoms with E-state index >= 15 is 0 Å². The second kappa shape index (κ2) is 13.4. The molecule has 0 radical (unpaired) electrons. The lowest BCUT2D eigenvalue weighted by Crippen LogP contribution is -2.19. The fourth-order valence-electron chi connectivity index (χ4n) is 6.83. The number of aromatic nitrogens is 3. The molecule has 3 aromatic carbocycles. The molecular weight excluding hydrogens is 582 g/mol. The van der Waals surface area contributed by atoms with Crippen molar-refractivity contribution in [1.82, 2.24) is 15.0 Å². The smallest absolute Gasteiger partial charge is 0.167 e. The van der Waals surface area contributed by atoms with Crippen LogP contribution in [-0.4, -0.2) is 48.6 Å². The summed E-state index contributed by atoms with van der Waals surface area (Å²) in [6.07, 6.45) is 14.6. The number of nitrogens with zero attached hydrogens (tertiary/aromatic N) is 3. The van der Waals surface area contributed by atoms with E-state index in [1.165, 1.54) is 6.42 Å². The monoisotopic (exact) mass is 623 g/mol. The molecule has 0 bridgehead atoms. The number of rotatable bonds is 9. The molecule has 3 aliphatic rings. The van der Waals surface area contributed by atoms with Gasteiger partial charge in [-0.3, -0.25) is 0 Å². The van der Waals surface area contributed by atoms with Gasteiger partial charge in [-0.15, -0.1) is 0 Å². The van der Waals surface area contributed by atoms with Crippen LogP contribution in [0.4, 0.5) is 0 Å². The zero-order valence-electron chi connectivity index (χ0n) is 26.0. The predicted octanol–water partition coefficient (Wildman–Crippen LogP) is 8.34. The van der Waals surface area contributed by atoms with E-state index < -0.39 is 0 Å². The van der Waals surface area contributed by atoms with Crippen LogP contribution >= 0.6 is 0 Å². The van der Waals surface area contributed by atoms with Gasteiger partial charge in [0.25, 0.3) is 0 Å². The molecule has 0 unspecified atom stereocenters. The molecule has 1 heterocycles. The van der Waals surface area contributed by atoms with Gasteiger partial charge in [0.2, 0.25) is 0 Å². The number of hydrogen-bond acceptors (Lipinski definition) is 9. The molecule has 0 amide bonds. The summed E-state index contributed by atoms with van der Waals surface area (Å²) in [4.78, 5) is 14.1. The largest absolute Gasteiger partial charge is 0.507 e. The van der Waals surface area contributed by atoms with Crippen molar-refractivity contribution in [2.75, 3.05) is 0 Å². The van der Waals surface area contributed by atoms with E-state index in [1.54, 1.807) is 48.5 Å². The van der Waals surface area contributed by atoms with Gasteiger partial charge in [-0.25, -0.2) is 15.0 Å². The Labute approximate surface area is 269 Å². The Bertz CT molecular complexity index is 1590. The molecule has 0 atom stereocenters. The zero-order chi connectivity index (χ0) is 31.5. The summed E-state index contributed by atoms with van der Waals surface area (Å²) >= 11 is 0. The lowest BCUT2D eigenvalue weighted by Gasteiger charge is -2.23. The highest BCUT2D eigenvalue weighted by Crippen LogP contribution is 2.39. The third kappa shape index (κ3) is 6.83. The molecular formula is C37H41N3O6. The lowest BCUT2D eigenvalue weighted by molar-refractivity contribution is 0.154. The minimum Gasteiger partial charge on any atom is -0.507 e. The van der Waals surface area contributed by atoms with Crippen LogP contribution in [-0.2, 0) is 0 Å². The first-order chi connectivity index (χ1) is 22.5. The molecule has 0 aliphatic heterocycles. The van der Waals surface area contributed by atoms with E-state index in [1.807, 2.05) is 6.07 Å². The SMILES string of the molecule is Oc1cc(OC2CCCCC2)ccc1-c1nc(-c2ccc(OC3CCCC3)cc2O)nc(-c2ccc(OC3CCCC3)cc2O)n1. The van der Waals surface area contributed by atoms with Crippen LogP contribution in [0.2, 0.25) is 0 Å². The number of aromatic hydroxyl groups is 3. The van der Waals surface area contributed by atoms with Crippen LogP contribution < -0.4 is 14.2 Å². The second-order valence-electron chi connectivity index (χ2n) is 12.8. The Kier molecular flexibility index (Phi) is 8.81. The Morgan fingerprint density at radius 1 is 0.413 bits per heavy atom. The standard InChI is InChI=1S/C37H41N3O6/c41-32-20-26(44-23-8-2-1-3-9-23)14-17-29(32)35-38-36(30-18-15-27(21-33(30)42)45-24-10-4-5-11-24)40-37(39-35)31-19-16-28(22-34(31)43)46-25-12-6-7-13-25/h14-25,41-43H,1-13H2. The molecule has 4 aromatic rings. The van der Waals surface area contributed by atoms with Crippen LogP contribution in [0.25, 0.3) is 34.2 Å². The molecule has 9 heteroatoms. The predicted molar refractivity (Wildman–Crippen MR) is 174 cm³/mol. The molecule has 240 valence electrons. The minimum atomic E-state index is -0.0383. The highest BCUT2D eigenvalue weighted by atomic mass is 16.5. The van der Waals surface area contributed by atoms with E-state index in [0.717, 1.165) is 77.0 Å². The highest BCUT2D eigenvalue weighted by Gasteiger charge is 2.23. The first-order valence-electron chi connectivity index (χ1n) is 16.7. The van der Waals surface area contributed by atoms with Crippen LogP contribution in [0.1, 0.15) is 83.5 Å². The van der Waals surface area contributed by atoms with Gasteiger partial charge in [-0.2, -0.15) is 0 Å². The summed E-state index contributed by atoms with van der Waals surface area (Å²) in [6, 6.07) is 15.3. The number of benzene rings is 3. The van der Waals surface area contributed by atoms with Gasteiger partial charge in [0, 0.05) is 18.2 Å². The quantitative estimate of drug-likeness (QED) is 0.169. The molecule has 3 fully saturated rings. The van der Waals surface area contributed by atoms with Crippen molar-refractivity contribution >= 4 is 0 Å². The molecule has 1 aromatic heterocycles. The third-order valence-electron chi connectivity index (χ3n) is 9.33. The number of hydrogen-bond donors (Lipinski definition) is 3. The molecule has 7 rings (SSSR count). The van der Waals surface area contributed by atoms with Gasteiger partial charge in [0.1, 0.15) is 34.5 Å². The molecule has 3 saturated carbocycles. The van der Waals surface area contributed by atoms with Crippen molar-refractivity contribution in [3.8, 4) is 68.7 Å². The first kappa shape index (κ1) is 30.1. The van der Waals surface area contributed by atoms with Crippen molar-refractivity contribution in [2.45, 2.75) is 102 Å². The normalized spacial score (nSPS) is 17.7. The maximum atomic E-state index is 11.1.